The zero-order chi connectivity index (χ0) is 37.5. The van der Waals surface area contributed by atoms with Gasteiger partial charge in [-0.3, -0.25) is 0 Å². The minimum absolute atomic E-state index is 0.633. The first kappa shape index (κ1) is 31.9. The van der Waals surface area contributed by atoms with Crippen molar-refractivity contribution in [1.29, 1.82) is 0 Å². The summed E-state index contributed by atoms with van der Waals surface area (Å²) < 4.78 is 7.41. The van der Waals surface area contributed by atoms with E-state index in [4.69, 9.17) is 15.0 Å². The molecule has 266 valence electrons. The van der Waals surface area contributed by atoms with Crippen LogP contribution in [0.2, 0.25) is 0 Å². The summed E-state index contributed by atoms with van der Waals surface area (Å²) in [5.74, 6) is 1.93. The van der Waals surface area contributed by atoms with Gasteiger partial charge in [-0.15, -0.1) is 11.3 Å². The maximum absolute atomic E-state index is 5.07. The van der Waals surface area contributed by atoms with Crippen LogP contribution in [0.15, 0.2) is 188 Å². The standard InChI is InChI=1S/C51H31N5S/c1-4-15-32(16-5-1)49-52-50(33-17-6-2-7-18-33)54-51(53-49)34-19-14-22-36(31-34)56-41-25-12-10-23-37(41)38-28-30-44-46(47(38)56)40-27-29-43-45(48(40)57-44)39-24-11-13-26-42(39)55(43)35-20-8-3-9-21-35/h1-31H. The molecule has 0 aliphatic heterocycles. The Balaban J connectivity index is 1.12. The maximum atomic E-state index is 5.07. The summed E-state index contributed by atoms with van der Waals surface area (Å²) in [4.78, 5) is 15.1. The van der Waals surface area contributed by atoms with Gasteiger partial charge in [0, 0.05) is 69.8 Å². The third-order valence-corrected chi connectivity index (χ3v) is 12.3. The fourth-order valence-corrected chi connectivity index (χ4v) is 9.93. The lowest BCUT2D eigenvalue weighted by atomic mass is 10.1. The highest BCUT2D eigenvalue weighted by molar-refractivity contribution is 7.27. The minimum atomic E-state index is 0.633. The predicted octanol–water partition coefficient (Wildman–Crippen LogP) is 13.4. The molecular weight excluding hydrogens is 715 g/mol. The number of hydrogen-bond donors (Lipinski definition) is 0. The lowest BCUT2D eigenvalue weighted by molar-refractivity contribution is 1.07. The number of nitrogens with zero attached hydrogens (tertiary/aromatic N) is 5. The molecule has 57 heavy (non-hydrogen) atoms. The molecule has 0 unspecified atom stereocenters. The van der Waals surface area contributed by atoms with Crippen molar-refractivity contribution >= 4 is 75.1 Å². The van der Waals surface area contributed by atoms with E-state index >= 15 is 0 Å². The smallest absolute Gasteiger partial charge is 0.164 e. The summed E-state index contributed by atoms with van der Waals surface area (Å²) in [5.41, 5.74) is 9.82. The predicted molar refractivity (Wildman–Crippen MR) is 238 cm³/mol. The van der Waals surface area contributed by atoms with Gasteiger partial charge in [0.05, 0.1) is 22.1 Å². The summed E-state index contributed by atoms with van der Waals surface area (Å²) in [6.07, 6.45) is 0. The number of fused-ring (bicyclic) bond motifs is 11. The second-order valence-electron chi connectivity index (χ2n) is 14.4. The van der Waals surface area contributed by atoms with Gasteiger partial charge < -0.3 is 9.13 Å². The average Bonchev–Trinajstić information content (AvgIpc) is 3.95. The molecule has 0 fully saturated rings. The molecule has 0 bridgehead atoms. The van der Waals surface area contributed by atoms with Crippen molar-refractivity contribution in [3.05, 3.63) is 188 Å². The van der Waals surface area contributed by atoms with E-state index in [2.05, 4.69) is 137 Å². The number of para-hydroxylation sites is 3. The van der Waals surface area contributed by atoms with Crippen LogP contribution in [0, 0.1) is 0 Å². The molecule has 4 heterocycles. The summed E-state index contributed by atoms with van der Waals surface area (Å²) in [7, 11) is 0. The van der Waals surface area contributed by atoms with Gasteiger partial charge in [0.15, 0.2) is 17.5 Å². The van der Waals surface area contributed by atoms with E-state index in [9.17, 15) is 0 Å². The largest absolute Gasteiger partial charge is 0.309 e. The molecular formula is C51H31N5S. The molecule has 0 atom stereocenters. The van der Waals surface area contributed by atoms with E-state index in [-0.39, 0.29) is 0 Å². The highest BCUT2D eigenvalue weighted by atomic mass is 32.1. The Morgan fingerprint density at radius 3 is 1.60 bits per heavy atom. The first-order valence-electron chi connectivity index (χ1n) is 19.1. The summed E-state index contributed by atoms with van der Waals surface area (Å²) >= 11 is 1.89. The normalized spacial score (nSPS) is 11.9. The monoisotopic (exact) mass is 745 g/mol. The summed E-state index contributed by atoms with van der Waals surface area (Å²) in [5, 5.41) is 7.54. The SMILES string of the molecule is c1ccc(-c2nc(-c3ccccc3)nc(-c3cccc(-n4c5ccccc5c5ccc6sc7c(ccc8c7c7ccccc7n8-c7ccccc7)c6c54)c3)n2)cc1. The van der Waals surface area contributed by atoms with Crippen molar-refractivity contribution in [2.45, 2.75) is 0 Å². The van der Waals surface area contributed by atoms with Crippen molar-refractivity contribution in [3.8, 4) is 45.5 Å². The lowest BCUT2D eigenvalue weighted by Gasteiger charge is -2.12. The molecule has 6 heteroatoms. The maximum Gasteiger partial charge on any atom is 0.164 e. The van der Waals surface area contributed by atoms with Crippen LogP contribution in [0.4, 0.5) is 0 Å². The molecule has 0 aliphatic rings. The number of rotatable bonds is 5. The topological polar surface area (TPSA) is 48.5 Å². The second kappa shape index (κ2) is 12.6. The third kappa shape index (κ3) is 4.91. The number of hydrogen-bond acceptors (Lipinski definition) is 4. The van der Waals surface area contributed by atoms with Gasteiger partial charge in [-0.05, 0) is 48.5 Å². The number of benzene rings is 8. The first-order valence-corrected chi connectivity index (χ1v) is 19.9. The Labute approximate surface area is 331 Å². The van der Waals surface area contributed by atoms with Crippen LogP contribution >= 0.6 is 11.3 Å². The van der Waals surface area contributed by atoms with Crippen molar-refractivity contribution in [2.24, 2.45) is 0 Å². The van der Waals surface area contributed by atoms with Gasteiger partial charge in [-0.25, -0.2) is 15.0 Å². The van der Waals surface area contributed by atoms with Gasteiger partial charge in [0.25, 0.3) is 0 Å². The van der Waals surface area contributed by atoms with Crippen molar-refractivity contribution in [3.63, 3.8) is 0 Å². The molecule has 5 nitrogen and oxygen atoms in total. The van der Waals surface area contributed by atoms with Crippen LogP contribution in [0.5, 0.6) is 0 Å². The van der Waals surface area contributed by atoms with Crippen LogP contribution in [0.25, 0.3) is 109 Å². The van der Waals surface area contributed by atoms with Crippen LogP contribution in [0.1, 0.15) is 0 Å². The Kier molecular flexibility index (Phi) is 7.03. The average molecular weight is 746 g/mol. The van der Waals surface area contributed by atoms with E-state index in [1.165, 1.54) is 58.3 Å². The molecule has 12 rings (SSSR count). The Morgan fingerprint density at radius 2 is 0.895 bits per heavy atom. The van der Waals surface area contributed by atoms with Crippen LogP contribution in [0.3, 0.4) is 0 Å². The highest BCUT2D eigenvalue weighted by Crippen LogP contribution is 2.47. The Hall–Kier alpha value is -7.41. The van der Waals surface area contributed by atoms with Gasteiger partial charge in [-0.1, -0.05) is 140 Å². The molecule has 0 N–H and O–H groups in total. The van der Waals surface area contributed by atoms with Gasteiger partial charge >= 0.3 is 0 Å². The fraction of sp³-hybridized carbons (Fsp3) is 0. The van der Waals surface area contributed by atoms with Crippen LogP contribution in [-0.4, -0.2) is 24.1 Å². The van der Waals surface area contributed by atoms with Gasteiger partial charge in [0.2, 0.25) is 0 Å². The zero-order valence-electron chi connectivity index (χ0n) is 30.5. The molecule has 0 saturated heterocycles. The molecule has 0 aliphatic carbocycles. The van der Waals surface area contributed by atoms with Crippen molar-refractivity contribution in [2.75, 3.05) is 0 Å². The van der Waals surface area contributed by atoms with Crippen molar-refractivity contribution in [1.82, 2.24) is 24.1 Å². The third-order valence-electron chi connectivity index (χ3n) is 11.1. The quantitative estimate of drug-likeness (QED) is 0.176. The molecule has 0 spiro atoms. The van der Waals surface area contributed by atoms with Crippen LogP contribution < -0.4 is 0 Å². The van der Waals surface area contributed by atoms with Crippen molar-refractivity contribution < 1.29 is 0 Å². The lowest BCUT2D eigenvalue weighted by Crippen LogP contribution is -2.01. The Morgan fingerprint density at radius 1 is 0.351 bits per heavy atom. The van der Waals surface area contributed by atoms with E-state index in [0.717, 1.165) is 33.6 Å². The van der Waals surface area contributed by atoms with E-state index in [1.807, 2.05) is 72.0 Å². The molecule has 4 aromatic heterocycles. The summed E-state index contributed by atoms with van der Waals surface area (Å²) in [6, 6.07) is 66.5. The first-order chi connectivity index (χ1) is 28.3. The van der Waals surface area contributed by atoms with E-state index in [1.54, 1.807) is 0 Å². The Bertz CT molecular complexity index is 3450. The highest BCUT2D eigenvalue weighted by Gasteiger charge is 2.22. The minimum Gasteiger partial charge on any atom is -0.309 e. The second-order valence-corrected chi connectivity index (χ2v) is 15.5. The van der Waals surface area contributed by atoms with E-state index < -0.39 is 0 Å². The van der Waals surface area contributed by atoms with Crippen LogP contribution in [-0.2, 0) is 0 Å². The van der Waals surface area contributed by atoms with Gasteiger partial charge in [0.1, 0.15) is 0 Å². The molecule has 0 radical (unpaired) electrons. The molecule has 8 aromatic carbocycles. The summed E-state index contributed by atoms with van der Waals surface area (Å²) in [6.45, 7) is 0. The number of thiophene rings is 1. The fourth-order valence-electron chi connectivity index (χ4n) is 8.67. The molecule has 0 saturated carbocycles. The number of aromatic nitrogens is 5. The molecule has 12 aromatic rings. The zero-order valence-corrected chi connectivity index (χ0v) is 31.4. The van der Waals surface area contributed by atoms with Gasteiger partial charge in [-0.2, -0.15) is 0 Å². The molecule has 0 amide bonds. The van der Waals surface area contributed by atoms with E-state index in [0.29, 0.717) is 17.5 Å².